The molecule has 2 rings (SSSR count). The van der Waals surface area contributed by atoms with Crippen molar-refractivity contribution in [1.82, 2.24) is 10.0 Å². The molecule has 0 saturated heterocycles. The molecule has 4 nitrogen and oxygen atoms in total. The van der Waals surface area contributed by atoms with Crippen molar-refractivity contribution in [3.63, 3.8) is 0 Å². The fourth-order valence-corrected chi connectivity index (χ4v) is 5.59. The topological polar surface area (TPSA) is 58.2 Å². The highest BCUT2D eigenvalue weighted by Crippen LogP contribution is 2.21. The molecule has 7 heteroatoms. The molecule has 2 heterocycles. The van der Waals surface area contributed by atoms with Gasteiger partial charge >= 0.3 is 0 Å². The summed E-state index contributed by atoms with van der Waals surface area (Å²) < 4.78 is 27.4. The van der Waals surface area contributed by atoms with Gasteiger partial charge in [-0.1, -0.05) is 0 Å². The van der Waals surface area contributed by atoms with Gasteiger partial charge in [-0.3, -0.25) is 0 Å². The van der Waals surface area contributed by atoms with Crippen LogP contribution in [0.3, 0.4) is 0 Å². The van der Waals surface area contributed by atoms with Crippen molar-refractivity contribution in [3.05, 3.63) is 38.2 Å². The van der Waals surface area contributed by atoms with Gasteiger partial charge in [0.15, 0.2) is 0 Å². The van der Waals surface area contributed by atoms with E-state index in [1.54, 1.807) is 22.8 Å². The Morgan fingerprint density at radius 2 is 2.05 bits per heavy atom. The van der Waals surface area contributed by atoms with E-state index in [-0.39, 0.29) is 6.04 Å². The Balaban J connectivity index is 2.02. The van der Waals surface area contributed by atoms with Gasteiger partial charge in [-0.25, -0.2) is 13.1 Å². The summed E-state index contributed by atoms with van der Waals surface area (Å²) in [5.74, 6) is 0. The van der Waals surface area contributed by atoms with Crippen LogP contribution in [0.1, 0.15) is 21.6 Å². The molecule has 0 amide bonds. The van der Waals surface area contributed by atoms with Gasteiger partial charge in [0, 0.05) is 32.6 Å². The molecule has 0 aliphatic rings. The molecule has 0 radical (unpaired) electrons. The van der Waals surface area contributed by atoms with E-state index < -0.39 is 10.0 Å². The highest BCUT2D eigenvalue weighted by atomic mass is 32.2. The maximum atomic E-state index is 12.3. The predicted octanol–water partition coefficient (Wildman–Crippen LogP) is 2.75. The second kappa shape index (κ2) is 7.02. The van der Waals surface area contributed by atoms with Gasteiger partial charge in [0.25, 0.3) is 0 Å². The molecule has 0 fully saturated rings. The van der Waals surface area contributed by atoms with Gasteiger partial charge in [-0.2, -0.15) is 0 Å². The van der Waals surface area contributed by atoms with Gasteiger partial charge in [0.2, 0.25) is 10.0 Å². The fraction of sp³-hybridized carbons (Fsp3) is 0.429. The maximum Gasteiger partial charge on any atom is 0.241 e. The van der Waals surface area contributed by atoms with Crippen molar-refractivity contribution in [2.24, 2.45) is 0 Å². The normalized spacial score (nSPS) is 13.5. The Labute approximate surface area is 134 Å². The van der Waals surface area contributed by atoms with Crippen LogP contribution in [0.15, 0.2) is 28.5 Å². The van der Waals surface area contributed by atoms with Crippen LogP contribution >= 0.6 is 22.7 Å². The zero-order valence-electron chi connectivity index (χ0n) is 12.3. The second-order valence-corrected chi connectivity index (χ2v) is 9.10. The van der Waals surface area contributed by atoms with Crippen LogP contribution in [0.2, 0.25) is 0 Å². The number of hydrogen-bond donors (Lipinski definition) is 2. The van der Waals surface area contributed by atoms with Crippen molar-refractivity contribution < 1.29 is 8.42 Å². The SMILES string of the molecule is CNCc1cc(S(=O)(=O)NC(C)Cc2ccc(C)s2)cs1. The third-order valence-corrected chi connectivity index (χ3v) is 6.63. The summed E-state index contributed by atoms with van der Waals surface area (Å²) >= 11 is 3.16. The first kappa shape index (κ1) is 16.6. The van der Waals surface area contributed by atoms with Gasteiger partial charge in [0.1, 0.15) is 0 Å². The molecule has 0 bridgehead atoms. The van der Waals surface area contributed by atoms with Crippen LogP contribution in [-0.4, -0.2) is 21.5 Å². The average Bonchev–Trinajstić information content (AvgIpc) is 2.99. The molecule has 21 heavy (non-hydrogen) atoms. The molecule has 1 unspecified atom stereocenters. The van der Waals surface area contributed by atoms with Crippen molar-refractivity contribution in [3.8, 4) is 0 Å². The monoisotopic (exact) mass is 344 g/mol. The molecule has 116 valence electrons. The molecule has 0 aliphatic carbocycles. The summed E-state index contributed by atoms with van der Waals surface area (Å²) in [6.45, 7) is 4.63. The Bertz CT molecular complexity index is 689. The van der Waals surface area contributed by atoms with E-state index in [9.17, 15) is 8.42 Å². The zero-order valence-corrected chi connectivity index (χ0v) is 14.8. The summed E-state index contributed by atoms with van der Waals surface area (Å²) in [6, 6.07) is 5.72. The molecule has 0 spiro atoms. The van der Waals surface area contributed by atoms with Crippen LogP contribution in [0.25, 0.3) is 0 Å². The number of hydrogen-bond acceptors (Lipinski definition) is 5. The minimum absolute atomic E-state index is 0.124. The molecule has 2 aromatic rings. The molecule has 2 N–H and O–H groups in total. The Hall–Kier alpha value is -0.730. The van der Waals surface area contributed by atoms with E-state index in [4.69, 9.17) is 0 Å². The number of sulfonamides is 1. The Kier molecular flexibility index (Phi) is 5.56. The summed E-state index contributed by atoms with van der Waals surface area (Å²) in [7, 11) is -1.59. The quantitative estimate of drug-likeness (QED) is 0.812. The summed E-state index contributed by atoms with van der Waals surface area (Å²) in [5, 5.41) is 4.71. The largest absolute Gasteiger partial charge is 0.315 e. The zero-order chi connectivity index (χ0) is 15.5. The standard InChI is InChI=1S/C14H20N2O2S3/c1-10(6-12-5-4-11(2)20-12)16-21(17,18)14-7-13(8-15-3)19-9-14/h4-5,7,9-10,15-16H,6,8H2,1-3H3. The first-order valence-corrected chi connectivity index (χ1v) is 9.88. The molecular formula is C14H20N2O2S3. The number of thiophene rings is 2. The van der Waals surface area contributed by atoms with Gasteiger partial charge in [-0.15, -0.1) is 22.7 Å². The highest BCUT2D eigenvalue weighted by molar-refractivity contribution is 7.89. The van der Waals surface area contributed by atoms with Crippen LogP contribution in [0.5, 0.6) is 0 Å². The lowest BCUT2D eigenvalue weighted by atomic mass is 10.2. The van der Waals surface area contributed by atoms with E-state index in [1.807, 2.05) is 14.0 Å². The number of aryl methyl sites for hydroxylation is 1. The summed E-state index contributed by atoms with van der Waals surface area (Å²) in [5.41, 5.74) is 0. The number of rotatable bonds is 7. The lowest BCUT2D eigenvalue weighted by molar-refractivity contribution is 0.561. The average molecular weight is 345 g/mol. The van der Waals surface area contributed by atoms with Crippen LogP contribution in [0.4, 0.5) is 0 Å². The van der Waals surface area contributed by atoms with E-state index in [0.717, 1.165) is 4.88 Å². The van der Waals surface area contributed by atoms with Gasteiger partial charge in [0.05, 0.1) is 4.90 Å². The van der Waals surface area contributed by atoms with Crippen molar-refractivity contribution >= 4 is 32.7 Å². The number of nitrogens with one attached hydrogen (secondary N) is 2. The Morgan fingerprint density at radius 1 is 1.29 bits per heavy atom. The molecule has 0 aliphatic heterocycles. The van der Waals surface area contributed by atoms with E-state index in [2.05, 4.69) is 29.1 Å². The summed E-state index contributed by atoms with van der Waals surface area (Å²) in [6.07, 6.45) is 0.714. The lowest BCUT2D eigenvalue weighted by Gasteiger charge is -2.12. The van der Waals surface area contributed by atoms with Crippen molar-refractivity contribution in [2.45, 2.75) is 37.8 Å². The van der Waals surface area contributed by atoms with Crippen LogP contribution in [0, 0.1) is 6.92 Å². The Morgan fingerprint density at radius 3 is 2.67 bits per heavy atom. The first-order valence-electron chi connectivity index (χ1n) is 6.70. The smallest absolute Gasteiger partial charge is 0.241 e. The van der Waals surface area contributed by atoms with E-state index in [1.165, 1.54) is 21.1 Å². The minimum atomic E-state index is -3.43. The van der Waals surface area contributed by atoms with E-state index in [0.29, 0.717) is 17.9 Å². The van der Waals surface area contributed by atoms with Crippen LogP contribution < -0.4 is 10.0 Å². The molecule has 0 aromatic carbocycles. The minimum Gasteiger partial charge on any atom is -0.315 e. The van der Waals surface area contributed by atoms with Crippen LogP contribution in [-0.2, 0) is 23.0 Å². The first-order chi connectivity index (χ1) is 9.90. The highest BCUT2D eigenvalue weighted by Gasteiger charge is 2.19. The van der Waals surface area contributed by atoms with Gasteiger partial charge in [-0.05, 0) is 45.5 Å². The molecule has 1 atom stereocenters. The van der Waals surface area contributed by atoms with Gasteiger partial charge < -0.3 is 5.32 Å². The molecular weight excluding hydrogens is 324 g/mol. The fourth-order valence-electron chi connectivity index (χ4n) is 2.04. The third-order valence-electron chi connectivity index (χ3n) is 2.95. The molecule has 0 saturated carbocycles. The van der Waals surface area contributed by atoms with Crippen molar-refractivity contribution in [1.29, 1.82) is 0 Å². The predicted molar refractivity (Wildman–Crippen MR) is 89.6 cm³/mol. The second-order valence-electron chi connectivity index (χ2n) is 5.02. The third kappa shape index (κ3) is 4.62. The summed E-state index contributed by atoms with van der Waals surface area (Å²) in [4.78, 5) is 3.81. The van der Waals surface area contributed by atoms with E-state index >= 15 is 0 Å². The molecule has 2 aromatic heterocycles. The maximum absolute atomic E-state index is 12.3. The lowest BCUT2D eigenvalue weighted by Crippen LogP contribution is -2.33. The van der Waals surface area contributed by atoms with Crippen molar-refractivity contribution in [2.75, 3.05) is 7.05 Å².